The van der Waals surface area contributed by atoms with Crippen LogP contribution in [0.1, 0.15) is 6.42 Å². The Bertz CT molecular complexity index is 520. The van der Waals surface area contributed by atoms with Crippen molar-refractivity contribution in [2.24, 2.45) is 17.3 Å². The summed E-state index contributed by atoms with van der Waals surface area (Å²) >= 11 is 0. The second-order valence-electron chi connectivity index (χ2n) is 5.76. The highest BCUT2D eigenvalue weighted by Crippen LogP contribution is 2.53. The SMILES string of the molecule is C=C1C(=O)O[C@@H]2C[C@H]3C(CO)=CC=C[C@]3(CO)[C@H](O)[C@@H]12. The highest BCUT2D eigenvalue weighted by molar-refractivity contribution is 5.91. The van der Waals surface area contributed by atoms with Crippen LogP contribution < -0.4 is 0 Å². The minimum Gasteiger partial charge on any atom is -0.458 e. The molecule has 5 atom stereocenters. The van der Waals surface area contributed by atoms with Crippen LogP contribution in [0.3, 0.4) is 0 Å². The summed E-state index contributed by atoms with van der Waals surface area (Å²) in [7, 11) is 0. The van der Waals surface area contributed by atoms with Gasteiger partial charge in [0.1, 0.15) is 6.10 Å². The van der Waals surface area contributed by atoms with Crippen LogP contribution >= 0.6 is 0 Å². The lowest BCUT2D eigenvalue weighted by molar-refractivity contribution is -0.146. The summed E-state index contributed by atoms with van der Waals surface area (Å²) in [6.07, 6.45) is 4.38. The Balaban J connectivity index is 2.05. The lowest BCUT2D eigenvalue weighted by atomic mass is 9.56. The smallest absolute Gasteiger partial charge is 0.334 e. The van der Waals surface area contributed by atoms with Gasteiger partial charge in [-0.2, -0.15) is 0 Å². The first-order valence-corrected chi connectivity index (χ1v) is 6.73. The van der Waals surface area contributed by atoms with E-state index in [0.29, 0.717) is 6.42 Å². The second kappa shape index (κ2) is 4.55. The third-order valence-electron chi connectivity index (χ3n) is 4.95. The van der Waals surface area contributed by atoms with Gasteiger partial charge in [-0.1, -0.05) is 24.8 Å². The summed E-state index contributed by atoms with van der Waals surface area (Å²) in [6, 6.07) is 0. The van der Waals surface area contributed by atoms with Crippen molar-refractivity contribution in [2.75, 3.05) is 13.2 Å². The van der Waals surface area contributed by atoms with Gasteiger partial charge in [0.25, 0.3) is 0 Å². The van der Waals surface area contributed by atoms with E-state index < -0.39 is 29.5 Å². The molecule has 1 saturated carbocycles. The van der Waals surface area contributed by atoms with Crippen molar-refractivity contribution in [2.45, 2.75) is 18.6 Å². The monoisotopic (exact) mass is 278 g/mol. The lowest BCUT2D eigenvalue weighted by Gasteiger charge is -2.50. The van der Waals surface area contributed by atoms with Gasteiger partial charge >= 0.3 is 5.97 Å². The van der Waals surface area contributed by atoms with Crippen LogP contribution in [0.4, 0.5) is 0 Å². The summed E-state index contributed by atoms with van der Waals surface area (Å²) in [6.45, 7) is 3.31. The number of esters is 1. The zero-order valence-electron chi connectivity index (χ0n) is 11.0. The molecule has 0 aromatic carbocycles. The van der Waals surface area contributed by atoms with E-state index in [1.807, 2.05) is 0 Å². The van der Waals surface area contributed by atoms with E-state index >= 15 is 0 Å². The topological polar surface area (TPSA) is 87.0 Å². The van der Waals surface area contributed by atoms with Crippen LogP contribution in [-0.2, 0) is 9.53 Å². The normalized spacial score (nSPS) is 42.9. The molecule has 5 heteroatoms. The number of rotatable bonds is 2. The van der Waals surface area contributed by atoms with Crippen molar-refractivity contribution < 1.29 is 24.9 Å². The minimum absolute atomic E-state index is 0.143. The van der Waals surface area contributed by atoms with Gasteiger partial charge < -0.3 is 20.1 Å². The van der Waals surface area contributed by atoms with Crippen LogP contribution in [0.5, 0.6) is 0 Å². The summed E-state index contributed by atoms with van der Waals surface area (Å²) < 4.78 is 5.27. The molecule has 3 rings (SSSR count). The van der Waals surface area contributed by atoms with Gasteiger partial charge in [0, 0.05) is 11.0 Å². The molecule has 20 heavy (non-hydrogen) atoms. The number of carbonyl (C=O) groups excluding carboxylic acids is 1. The molecule has 1 heterocycles. The van der Waals surface area contributed by atoms with Crippen molar-refractivity contribution in [3.8, 4) is 0 Å². The molecule has 108 valence electrons. The second-order valence-corrected chi connectivity index (χ2v) is 5.76. The molecule has 3 N–H and O–H groups in total. The molecular formula is C15H18O5. The molecule has 5 nitrogen and oxygen atoms in total. The molecule has 0 aromatic heterocycles. The number of hydrogen-bond acceptors (Lipinski definition) is 5. The molecular weight excluding hydrogens is 260 g/mol. The minimum atomic E-state index is -0.957. The Morgan fingerprint density at radius 1 is 1.45 bits per heavy atom. The first-order chi connectivity index (χ1) is 9.55. The summed E-state index contributed by atoms with van der Waals surface area (Å²) in [5.41, 5.74) is 0.125. The number of ether oxygens (including phenoxy) is 1. The van der Waals surface area contributed by atoms with E-state index in [1.165, 1.54) is 0 Å². The van der Waals surface area contributed by atoms with Crippen molar-refractivity contribution in [1.82, 2.24) is 0 Å². The van der Waals surface area contributed by atoms with E-state index in [2.05, 4.69) is 6.58 Å². The first kappa shape index (κ1) is 13.5. The number of aliphatic hydroxyl groups is 3. The molecule has 1 aliphatic heterocycles. The number of hydrogen-bond donors (Lipinski definition) is 3. The highest BCUT2D eigenvalue weighted by atomic mass is 16.6. The molecule has 3 aliphatic rings. The Labute approximate surface area is 116 Å². The van der Waals surface area contributed by atoms with Crippen molar-refractivity contribution >= 4 is 5.97 Å². The third-order valence-corrected chi connectivity index (χ3v) is 4.95. The first-order valence-electron chi connectivity index (χ1n) is 6.73. The van der Waals surface area contributed by atoms with E-state index in [0.717, 1.165) is 5.57 Å². The van der Waals surface area contributed by atoms with Gasteiger partial charge in [-0.25, -0.2) is 4.79 Å². The molecule has 1 saturated heterocycles. The maximum Gasteiger partial charge on any atom is 0.334 e. The number of allylic oxidation sites excluding steroid dienone is 2. The fourth-order valence-electron chi connectivity index (χ4n) is 3.83. The van der Waals surface area contributed by atoms with Crippen LogP contribution in [0.15, 0.2) is 36.0 Å². The maximum atomic E-state index is 11.7. The molecule has 0 unspecified atom stereocenters. The molecule has 0 amide bonds. The number of fused-ring (bicyclic) bond motifs is 2. The third kappa shape index (κ3) is 1.57. The van der Waals surface area contributed by atoms with Crippen molar-refractivity contribution in [3.05, 3.63) is 36.0 Å². The van der Waals surface area contributed by atoms with Gasteiger partial charge in [0.05, 0.1) is 25.2 Å². The van der Waals surface area contributed by atoms with E-state index in [1.54, 1.807) is 18.2 Å². The molecule has 0 spiro atoms. The van der Waals surface area contributed by atoms with Gasteiger partial charge in [-0.15, -0.1) is 0 Å². The van der Waals surface area contributed by atoms with Gasteiger partial charge in [-0.3, -0.25) is 0 Å². The summed E-state index contributed by atoms with van der Waals surface area (Å²) in [4.78, 5) is 11.7. The Morgan fingerprint density at radius 3 is 2.85 bits per heavy atom. The fraction of sp³-hybridized carbons (Fsp3) is 0.533. The maximum absolute atomic E-state index is 11.7. The average molecular weight is 278 g/mol. The highest BCUT2D eigenvalue weighted by Gasteiger charge is 2.59. The molecule has 0 radical (unpaired) electrons. The van der Waals surface area contributed by atoms with E-state index in [4.69, 9.17) is 4.74 Å². The predicted octanol–water partition coefficient (Wildman–Crippen LogP) is -0.0678. The quantitative estimate of drug-likeness (QED) is 0.486. The molecule has 0 aromatic rings. The van der Waals surface area contributed by atoms with Gasteiger partial charge in [-0.05, 0) is 17.9 Å². The lowest BCUT2D eigenvalue weighted by Crippen LogP contribution is -2.56. The predicted molar refractivity (Wildman–Crippen MR) is 70.5 cm³/mol. The standard InChI is InChI=1S/C15H18O5/c1-8-12-11(20-14(8)19)5-10-9(6-16)3-2-4-15(10,7-17)13(12)18/h2-4,10-13,16-18H,1,5-7H2/t10-,11+,12-,13+,15+/m0/s1. The average Bonchev–Trinajstić information content (AvgIpc) is 2.74. The summed E-state index contributed by atoms with van der Waals surface area (Å²) in [5, 5.41) is 30.1. The Kier molecular flexibility index (Phi) is 3.08. The summed E-state index contributed by atoms with van der Waals surface area (Å²) in [5.74, 6) is -1.21. The van der Waals surface area contributed by atoms with Gasteiger partial charge in [0.15, 0.2) is 0 Å². The largest absolute Gasteiger partial charge is 0.458 e. The number of aliphatic hydroxyl groups excluding tert-OH is 3. The van der Waals surface area contributed by atoms with Gasteiger partial charge in [0.2, 0.25) is 0 Å². The van der Waals surface area contributed by atoms with E-state index in [-0.39, 0.29) is 24.7 Å². The van der Waals surface area contributed by atoms with Crippen molar-refractivity contribution in [3.63, 3.8) is 0 Å². The Morgan fingerprint density at radius 2 is 2.20 bits per heavy atom. The zero-order chi connectivity index (χ0) is 14.5. The molecule has 2 fully saturated rings. The molecule has 2 aliphatic carbocycles. The van der Waals surface area contributed by atoms with Crippen molar-refractivity contribution in [1.29, 1.82) is 0 Å². The van der Waals surface area contributed by atoms with Crippen LogP contribution in [0.25, 0.3) is 0 Å². The van der Waals surface area contributed by atoms with Crippen LogP contribution in [0.2, 0.25) is 0 Å². The fourth-order valence-corrected chi connectivity index (χ4v) is 3.83. The van der Waals surface area contributed by atoms with Crippen LogP contribution in [0, 0.1) is 17.3 Å². The molecule has 0 bridgehead atoms. The number of carbonyl (C=O) groups is 1. The van der Waals surface area contributed by atoms with Crippen LogP contribution in [-0.4, -0.2) is 46.7 Å². The Hall–Kier alpha value is -1.43. The van der Waals surface area contributed by atoms with E-state index in [9.17, 15) is 20.1 Å². The zero-order valence-corrected chi connectivity index (χ0v) is 11.0.